The van der Waals surface area contributed by atoms with E-state index in [1.807, 2.05) is 12.1 Å². The number of fused-ring (bicyclic) bond motifs is 1. The number of nitro groups is 1. The number of hydrogen-bond donors (Lipinski definition) is 1. The number of benzene rings is 1. The van der Waals surface area contributed by atoms with E-state index in [1.165, 1.54) is 24.5 Å². The SMILES string of the molecule is Cc1ccc([N+](=O)[O-])cc1S(=O)(=O)N/N=C/c1cnn2ccc(Br)cc12. The number of hydrazone groups is 1. The number of sulfonamides is 1. The van der Waals surface area contributed by atoms with Gasteiger partial charge in [-0.2, -0.15) is 18.6 Å². The predicted octanol–water partition coefficient (Wildman–Crippen LogP) is 2.63. The Bertz CT molecular complexity index is 1140. The zero-order chi connectivity index (χ0) is 18.9. The highest BCUT2D eigenvalue weighted by molar-refractivity contribution is 9.10. The van der Waals surface area contributed by atoms with Crippen molar-refractivity contribution in [2.75, 3.05) is 0 Å². The Hall–Kier alpha value is -2.79. The number of non-ortho nitro benzene ring substituents is 1. The van der Waals surface area contributed by atoms with E-state index in [2.05, 4.69) is 31.0 Å². The second kappa shape index (κ2) is 6.84. The summed E-state index contributed by atoms with van der Waals surface area (Å²) in [5.74, 6) is 0. The number of halogens is 1. The molecule has 0 saturated heterocycles. The Morgan fingerprint density at radius 3 is 2.85 bits per heavy atom. The van der Waals surface area contributed by atoms with Gasteiger partial charge in [-0.25, -0.2) is 9.35 Å². The first-order chi connectivity index (χ1) is 12.3. The minimum absolute atomic E-state index is 0.202. The molecule has 134 valence electrons. The van der Waals surface area contributed by atoms with E-state index in [9.17, 15) is 18.5 Å². The van der Waals surface area contributed by atoms with Crippen molar-refractivity contribution < 1.29 is 13.3 Å². The highest BCUT2D eigenvalue weighted by atomic mass is 79.9. The van der Waals surface area contributed by atoms with Crippen LogP contribution in [0.2, 0.25) is 0 Å². The molecule has 0 aliphatic rings. The van der Waals surface area contributed by atoms with Crippen molar-refractivity contribution in [1.82, 2.24) is 14.4 Å². The van der Waals surface area contributed by atoms with E-state index in [0.29, 0.717) is 11.1 Å². The molecular formula is C15H12BrN5O4S. The van der Waals surface area contributed by atoms with Crippen molar-refractivity contribution in [3.8, 4) is 0 Å². The molecule has 1 aromatic carbocycles. The molecule has 2 heterocycles. The van der Waals surface area contributed by atoms with Gasteiger partial charge in [-0.3, -0.25) is 10.1 Å². The molecule has 0 fully saturated rings. The average Bonchev–Trinajstić information content (AvgIpc) is 2.97. The first-order valence-electron chi connectivity index (χ1n) is 7.21. The molecule has 0 aliphatic carbocycles. The maximum Gasteiger partial charge on any atom is 0.277 e. The first kappa shape index (κ1) is 18.0. The fourth-order valence-corrected chi connectivity index (χ4v) is 3.67. The van der Waals surface area contributed by atoms with Crippen LogP contribution in [0.3, 0.4) is 0 Å². The van der Waals surface area contributed by atoms with Gasteiger partial charge in [0.2, 0.25) is 0 Å². The smallest absolute Gasteiger partial charge is 0.258 e. The largest absolute Gasteiger partial charge is 0.277 e. The molecule has 3 rings (SSSR count). The molecule has 11 heteroatoms. The summed E-state index contributed by atoms with van der Waals surface area (Å²) in [6.45, 7) is 1.55. The number of nitro benzene ring substituents is 1. The van der Waals surface area contributed by atoms with Crippen LogP contribution < -0.4 is 4.83 Å². The predicted molar refractivity (Wildman–Crippen MR) is 98.6 cm³/mol. The maximum atomic E-state index is 12.4. The molecule has 0 radical (unpaired) electrons. The van der Waals surface area contributed by atoms with Gasteiger partial charge in [-0.15, -0.1) is 0 Å². The lowest BCUT2D eigenvalue weighted by Gasteiger charge is -2.06. The summed E-state index contributed by atoms with van der Waals surface area (Å²) in [5.41, 5.74) is 1.39. The fourth-order valence-electron chi connectivity index (χ4n) is 2.28. The van der Waals surface area contributed by atoms with Gasteiger partial charge in [0.25, 0.3) is 15.7 Å². The minimum atomic E-state index is -4.05. The van der Waals surface area contributed by atoms with Crippen LogP contribution >= 0.6 is 15.9 Å². The molecule has 26 heavy (non-hydrogen) atoms. The topological polar surface area (TPSA) is 119 Å². The Labute approximate surface area is 156 Å². The number of aromatic nitrogens is 2. The van der Waals surface area contributed by atoms with Crippen LogP contribution in [0.15, 0.2) is 57.2 Å². The molecule has 9 nitrogen and oxygen atoms in total. The summed E-state index contributed by atoms with van der Waals surface area (Å²) in [4.78, 5) is 12.1. The van der Waals surface area contributed by atoms with E-state index in [0.717, 1.165) is 16.1 Å². The molecule has 0 aliphatic heterocycles. The van der Waals surface area contributed by atoms with E-state index >= 15 is 0 Å². The third kappa shape index (κ3) is 3.58. The first-order valence-corrected chi connectivity index (χ1v) is 9.48. The van der Waals surface area contributed by atoms with Gasteiger partial charge in [0.1, 0.15) is 0 Å². The average molecular weight is 438 g/mol. The minimum Gasteiger partial charge on any atom is -0.258 e. The van der Waals surface area contributed by atoms with Crippen LogP contribution in [0.5, 0.6) is 0 Å². The molecular weight excluding hydrogens is 426 g/mol. The van der Waals surface area contributed by atoms with Gasteiger partial charge in [0.05, 0.1) is 27.7 Å². The summed E-state index contributed by atoms with van der Waals surface area (Å²) in [6, 6.07) is 7.25. The van der Waals surface area contributed by atoms with Crippen LogP contribution in [-0.4, -0.2) is 29.2 Å². The Morgan fingerprint density at radius 2 is 2.12 bits per heavy atom. The molecule has 2 aromatic heterocycles. The zero-order valence-corrected chi connectivity index (χ0v) is 15.7. The van der Waals surface area contributed by atoms with Crippen LogP contribution in [0.1, 0.15) is 11.1 Å². The molecule has 0 spiro atoms. The quantitative estimate of drug-likeness (QED) is 0.373. The standard InChI is InChI=1S/C15H12BrN5O4S/c1-10-2-3-13(21(22)23)7-15(10)26(24,25)19-17-8-11-9-18-20-5-4-12(16)6-14(11)20/h2-9,19H,1H3/b17-8+. The number of rotatable bonds is 5. The summed E-state index contributed by atoms with van der Waals surface area (Å²) in [5, 5.41) is 18.7. The summed E-state index contributed by atoms with van der Waals surface area (Å²) in [6.07, 6.45) is 4.60. The number of aryl methyl sites for hydroxylation is 1. The van der Waals surface area contributed by atoms with Crippen molar-refractivity contribution in [2.45, 2.75) is 11.8 Å². The Balaban J connectivity index is 1.88. The third-order valence-electron chi connectivity index (χ3n) is 3.56. The van der Waals surface area contributed by atoms with Crippen LogP contribution in [0.25, 0.3) is 5.52 Å². The monoisotopic (exact) mass is 437 g/mol. The van der Waals surface area contributed by atoms with Crippen LogP contribution in [0.4, 0.5) is 5.69 Å². The lowest BCUT2D eigenvalue weighted by atomic mass is 10.2. The molecule has 3 aromatic rings. The highest BCUT2D eigenvalue weighted by Gasteiger charge is 2.20. The number of nitrogens with zero attached hydrogens (tertiary/aromatic N) is 4. The van der Waals surface area contributed by atoms with Crippen molar-refractivity contribution in [2.24, 2.45) is 5.10 Å². The van der Waals surface area contributed by atoms with Gasteiger partial charge < -0.3 is 0 Å². The van der Waals surface area contributed by atoms with Crippen molar-refractivity contribution in [3.63, 3.8) is 0 Å². The van der Waals surface area contributed by atoms with Crippen molar-refractivity contribution >= 4 is 43.4 Å². The molecule has 0 saturated carbocycles. The molecule has 0 bridgehead atoms. The van der Waals surface area contributed by atoms with Gasteiger partial charge >= 0.3 is 0 Å². The second-order valence-electron chi connectivity index (χ2n) is 5.33. The summed E-state index contributed by atoms with van der Waals surface area (Å²) in [7, 11) is -4.05. The molecule has 0 atom stereocenters. The third-order valence-corrected chi connectivity index (χ3v) is 5.42. The summed E-state index contributed by atoms with van der Waals surface area (Å²) >= 11 is 3.36. The van der Waals surface area contributed by atoms with E-state index in [-0.39, 0.29) is 10.6 Å². The zero-order valence-electron chi connectivity index (χ0n) is 13.3. The van der Waals surface area contributed by atoms with E-state index < -0.39 is 14.9 Å². The van der Waals surface area contributed by atoms with Gasteiger partial charge in [-0.1, -0.05) is 22.0 Å². The number of hydrogen-bond acceptors (Lipinski definition) is 6. The van der Waals surface area contributed by atoms with Crippen LogP contribution in [0, 0.1) is 17.0 Å². The van der Waals surface area contributed by atoms with E-state index in [4.69, 9.17) is 0 Å². The van der Waals surface area contributed by atoms with Gasteiger partial charge in [-0.05, 0) is 24.6 Å². The lowest BCUT2D eigenvalue weighted by Crippen LogP contribution is -2.19. The number of pyridine rings is 1. The van der Waals surface area contributed by atoms with Crippen molar-refractivity contribution in [3.05, 3.63) is 68.4 Å². The van der Waals surface area contributed by atoms with Gasteiger partial charge in [0.15, 0.2) is 0 Å². The Morgan fingerprint density at radius 1 is 1.35 bits per heavy atom. The normalized spacial score (nSPS) is 11.9. The second-order valence-corrected chi connectivity index (χ2v) is 7.88. The summed E-state index contributed by atoms with van der Waals surface area (Å²) < 4.78 is 27.3. The molecule has 0 unspecified atom stereocenters. The maximum absolute atomic E-state index is 12.4. The fraction of sp³-hybridized carbons (Fsp3) is 0.0667. The number of nitrogens with one attached hydrogen (secondary N) is 1. The molecule has 0 amide bonds. The van der Waals surface area contributed by atoms with E-state index in [1.54, 1.807) is 17.6 Å². The molecule has 1 N–H and O–H groups in total. The van der Waals surface area contributed by atoms with Gasteiger partial charge in [0, 0.05) is 28.4 Å². The lowest BCUT2D eigenvalue weighted by molar-refractivity contribution is -0.385. The van der Waals surface area contributed by atoms with Crippen LogP contribution in [-0.2, 0) is 10.0 Å². The highest BCUT2D eigenvalue weighted by Crippen LogP contribution is 2.21. The Kier molecular flexibility index (Phi) is 4.74. The van der Waals surface area contributed by atoms with Crippen molar-refractivity contribution in [1.29, 1.82) is 0 Å².